The third-order valence-electron chi connectivity index (χ3n) is 4.15. The molecule has 3 aromatic rings. The van der Waals surface area contributed by atoms with Crippen molar-refractivity contribution < 1.29 is 9.90 Å². The molecule has 0 bridgehead atoms. The number of carboxylic acids is 1. The lowest BCUT2D eigenvalue weighted by Crippen LogP contribution is -2.04. The number of halogens is 1. The van der Waals surface area contributed by atoms with Gasteiger partial charge in [0.15, 0.2) is 0 Å². The number of hydrogen-bond donors (Lipinski definition) is 1. The number of aryl methyl sites for hydroxylation is 2. The van der Waals surface area contributed by atoms with E-state index in [1.807, 2.05) is 56.3 Å². The first kappa shape index (κ1) is 17.2. The van der Waals surface area contributed by atoms with E-state index in [2.05, 4.69) is 4.98 Å². The van der Waals surface area contributed by atoms with Crippen molar-refractivity contribution in [1.29, 1.82) is 0 Å². The van der Waals surface area contributed by atoms with Crippen molar-refractivity contribution in [3.8, 4) is 11.3 Å². The summed E-state index contributed by atoms with van der Waals surface area (Å²) in [6, 6.07) is 15.2. The molecular weight excluding hydrogens is 334 g/mol. The summed E-state index contributed by atoms with van der Waals surface area (Å²) in [4.78, 5) is 16.0. The molecule has 3 rings (SSSR count). The number of benzene rings is 2. The van der Waals surface area contributed by atoms with Crippen molar-refractivity contribution in [1.82, 2.24) is 4.98 Å². The highest BCUT2D eigenvalue weighted by molar-refractivity contribution is 6.33. The fourth-order valence-corrected chi connectivity index (χ4v) is 3.15. The van der Waals surface area contributed by atoms with Gasteiger partial charge in [-0.05, 0) is 49.1 Å². The van der Waals surface area contributed by atoms with Crippen LogP contribution in [0.25, 0.3) is 11.3 Å². The quantitative estimate of drug-likeness (QED) is 0.693. The Morgan fingerprint density at radius 1 is 1.12 bits per heavy atom. The molecule has 1 N–H and O–H groups in total. The van der Waals surface area contributed by atoms with E-state index in [9.17, 15) is 9.90 Å². The maximum Gasteiger partial charge on any atom is 0.335 e. The molecule has 126 valence electrons. The summed E-state index contributed by atoms with van der Waals surface area (Å²) in [5.41, 5.74) is 5.78. The number of carboxylic acid groups (broad SMARTS) is 1. The first-order valence-corrected chi connectivity index (χ1v) is 8.36. The summed E-state index contributed by atoms with van der Waals surface area (Å²) < 4.78 is 0. The molecule has 0 aliphatic heterocycles. The number of aromatic carboxylic acids is 1. The van der Waals surface area contributed by atoms with Crippen molar-refractivity contribution in [2.45, 2.75) is 20.3 Å². The van der Waals surface area contributed by atoms with Crippen molar-refractivity contribution in [3.05, 3.63) is 87.6 Å². The molecule has 0 spiro atoms. The van der Waals surface area contributed by atoms with Gasteiger partial charge in [-0.1, -0.05) is 53.6 Å². The first-order valence-electron chi connectivity index (χ1n) is 7.99. The maximum absolute atomic E-state index is 11.5. The van der Waals surface area contributed by atoms with Gasteiger partial charge in [0.05, 0.1) is 11.3 Å². The Morgan fingerprint density at radius 2 is 1.88 bits per heavy atom. The highest BCUT2D eigenvalue weighted by atomic mass is 35.5. The lowest BCUT2D eigenvalue weighted by molar-refractivity contribution is 0.0695. The molecule has 1 heterocycles. The van der Waals surface area contributed by atoms with Gasteiger partial charge >= 0.3 is 5.97 Å². The standard InChI is InChI=1S/C21H18ClNO2/c1-13-7-8-16(18(9-13)21(24)25)11-15-10-14(2)20(23-12-15)17-5-3-4-6-19(17)22/h3-10,12H,11H2,1-2H3,(H,24,25). The number of aromatic nitrogens is 1. The number of rotatable bonds is 4. The minimum absolute atomic E-state index is 0.341. The van der Waals surface area contributed by atoms with Crippen LogP contribution in [-0.2, 0) is 6.42 Å². The minimum atomic E-state index is -0.906. The zero-order valence-electron chi connectivity index (χ0n) is 14.1. The molecule has 3 nitrogen and oxygen atoms in total. The molecular formula is C21H18ClNO2. The normalized spacial score (nSPS) is 10.7. The van der Waals surface area contributed by atoms with Gasteiger partial charge in [0, 0.05) is 16.8 Å². The van der Waals surface area contributed by atoms with Crippen molar-refractivity contribution in [2.24, 2.45) is 0 Å². The highest BCUT2D eigenvalue weighted by Gasteiger charge is 2.13. The monoisotopic (exact) mass is 351 g/mol. The smallest absolute Gasteiger partial charge is 0.335 e. The zero-order valence-corrected chi connectivity index (χ0v) is 14.8. The second-order valence-electron chi connectivity index (χ2n) is 6.13. The minimum Gasteiger partial charge on any atom is -0.478 e. The lowest BCUT2D eigenvalue weighted by atomic mass is 9.97. The molecule has 1 aromatic heterocycles. The Labute approximate surface area is 151 Å². The van der Waals surface area contributed by atoms with E-state index in [0.29, 0.717) is 17.0 Å². The van der Waals surface area contributed by atoms with Gasteiger partial charge in [0.2, 0.25) is 0 Å². The van der Waals surface area contributed by atoms with Gasteiger partial charge in [-0.3, -0.25) is 4.98 Å². The highest BCUT2D eigenvalue weighted by Crippen LogP contribution is 2.29. The largest absolute Gasteiger partial charge is 0.478 e. The molecule has 0 saturated carbocycles. The third-order valence-corrected chi connectivity index (χ3v) is 4.48. The summed E-state index contributed by atoms with van der Waals surface area (Å²) in [6.07, 6.45) is 2.32. The Bertz CT molecular complexity index is 950. The van der Waals surface area contributed by atoms with Crippen LogP contribution in [0.15, 0.2) is 54.7 Å². The van der Waals surface area contributed by atoms with Crippen LogP contribution in [0.3, 0.4) is 0 Å². The third kappa shape index (κ3) is 3.72. The molecule has 0 aliphatic rings. The van der Waals surface area contributed by atoms with Crippen LogP contribution in [-0.4, -0.2) is 16.1 Å². The molecule has 25 heavy (non-hydrogen) atoms. The van der Waals surface area contributed by atoms with Crippen LogP contribution in [0.2, 0.25) is 5.02 Å². The lowest BCUT2D eigenvalue weighted by Gasteiger charge is -2.11. The Morgan fingerprint density at radius 3 is 2.56 bits per heavy atom. The molecule has 0 fully saturated rings. The van der Waals surface area contributed by atoms with Crippen LogP contribution < -0.4 is 0 Å². The van der Waals surface area contributed by atoms with E-state index in [1.165, 1.54) is 0 Å². The molecule has 0 atom stereocenters. The number of pyridine rings is 1. The second-order valence-corrected chi connectivity index (χ2v) is 6.54. The molecule has 2 aromatic carbocycles. The summed E-state index contributed by atoms with van der Waals surface area (Å²) in [5.74, 6) is -0.906. The van der Waals surface area contributed by atoms with Crippen LogP contribution in [0.4, 0.5) is 0 Å². The molecule has 0 aliphatic carbocycles. The summed E-state index contributed by atoms with van der Waals surface area (Å²) in [7, 11) is 0. The van der Waals surface area contributed by atoms with E-state index in [-0.39, 0.29) is 0 Å². The molecule has 0 amide bonds. The van der Waals surface area contributed by atoms with E-state index in [0.717, 1.165) is 33.5 Å². The van der Waals surface area contributed by atoms with Gasteiger partial charge < -0.3 is 5.11 Å². The molecule has 0 saturated heterocycles. The van der Waals surface area contributed by atoms with Gasteiger partial charge in [0.1, 0.15) is 0 Å². The first-order chi connectivity index (χ1) is 12.0. The topological polar surface area (TPSA) is 50.2 Å². The van der Waals surface area contributed by atoms with Gasteiger partial charge in [-0.15, -0.1) is 0 Å². The van der Waals surface area contributed by atoms with E-state index < -0.39 is 5.97 Å². The van der Waals surface area contributed by atoms with E-state index in [1.54, 1.807) is 12.3 Å². The number of nitrogens with zero attached hydrogens (tertiary/aromatic N) is 1. The Balaban J connectivity index is 1.95. The Kier molecular flexibility index (Phi) is 4.86. The summed E-state index contributed by atoms with van der Waals surface area (Å²) in [5, 5.41) is 10.1. The second kappa shape index (κ2) is 7.08. The van der Waals surface area contributed by atoms with Crippen molar-refractivity contribution in [2.75, 3.05) is 0 Å². The fourth-order valence-electron chi connectivity index (χ4n) is 2.93. The number of hydrogen-bond acceptors (Lipinski definition) is 2. The van der Waals surface area contributed by atoms with Gasteiger partial charge in [-0.2, -0.15) is 0 Å². The van der Waals surface area contributed by atoms with Crippen LogP contribution in [0.5, 0.6) is 0 Å². The average molecular weight is 352 g/mol. The van der Waals surface area contributed by atoms with Gasteiger partial charge in [-0.25, -0.2) is 4.79 Å². The van der Waals surface area contributed by atoms with Crippen LogP contribution >= 0.6 is 11.6 Å². The number of carbonyl (C=O) groups is 1. The Hall–Kier alpha value is -2.65. The van der Waals surface area contributed by atoms with Crippen molar-refractivity contribution >= 4 is 17.6 Å². The van der Waals surface area contributed by atoms with Crippen LogP contribution in [0.1, 0.15) is 32.6 Å². The van der Waals surface area contributed by atoms with Crippen molar-refractivity contribution in [3.63, 3.8) is 0 Å². The molecule has 0 radical (unpaired) electrons. The fraction of sp³-hybridized carbons (Fsp3) is 0.143. The summed E-state index contributed by atoms with van der Waals surface area (Å²) in [6.45, 7) is 3.88. The SMILES string of the molecule is Cc1ccc(Cc2cnc(-c3ccccc3Cl)c(C)c2)c(C(=O)O)c1. The van der Waals surface area contributed by atoms with Gasteiger partial charge in [0.25, 0.3) is 0 Å². The van der Waals surface area contributed by atoms with E-state index >= 15 is 0 Å². The average Bonchev–Trinajstić information content (AvgIpc) is 2.57. The predicted octanol–water partition coefficient (Wildman–Crippen LogP) is 5.31. The maximum atomic E-state index is 11.5. The molecule has 0 unspecified atom stereocenters. The van der Waals surface area contributed by atoms with E-state index in [4.69, 9.17) is 11.6 Å². The van der Waals surface area contributed by atoms with Crippen LogP contribution in [0, 0.1) is 13.8 Å². The summed E-state index contributed by atoms with van der Waals surface area (Å²) >= 11 is 6.27. The zero-order chi connectivity index (χ0) is 18.0. The molecule has 4 heteroatoms. The predicted molar refractivity (Wildman–Crippen MR) is 100 cm³/mol.